The fourth-order valence-corrected chi connectivity index (χ4v) is 4.77. The summed E-state index contributed by atoms with van der Waals surface area (Å²) in [6.07, 6.45) is 7.07. The Hall–Kier alpha value is -3.00. The molecular weight excluding hydrogens is 368 g/mol. The molecule has 2 aliphatic rings. The van der Waals surface area contributed by atoms with Crippen LogP contribution in [0.1, 0.15) is 23.3 Å². The summed E-state index contributed by atoms with van der Waals surface area (Å²) in [6, 6.07) is 9.71. The van der Waals surface area contributed by atoms with Crippen molar-refractivity contribution in [3.8, 4) is 0 Å². The Morgan fingerprint density at radius 3 is 2.76 bits per heavy atom. The number of hydrogen-bond donors (Lipinski definition) is 1. The number of anilines is 1. The molecule has 8 nitrogen and oxygen atoms in total. The Balaban J connectivity index is 1.32. The van der Waals surface area contributed by atoms with Crippen molar-refractivity contribution in [3.05, 3.63) is 54.6 Å². The summed E-state index contributed by atoms with van der Waals surface area (Å²) in [4.78, 5) is 23.8. The molecule has 1 saturated heterocycles. The van der Waals surface area contributed by atoms with Gasteiger partial charge in [0.05, 0.1) is 18.3 Å². The van der Waals surface area contributed by atoms with Gasteiger partial charge in [-0.3, -0.25) is 4.79 Å². The molecular formula is C21H24N6O2. The van der Waals surface area contributed by atoms with Crippen LogP contribution >= 0.6 is 0 Å². The van der Waals surface area contributed by atoms with Gasteiger partial charge in [0.1, 0.15) is 5.82 Å². The van der Waals surface area contributed by atoms with Gasteiger partial charge in [-0.15, -0.1) is 0 Å². The molecule has 29 heavy (non-hydrogen) atoms. The molecule has 2 fully saturated rings. The summed E-state index contributed by atoms with van der Waals surface area (Å²) < 4.78 is 7.41. The first-order valence-electron chi connectivity index (χ1n) is 10.0. The number of aromatic nitrogens is 4. The smallest absolute Gasteiger partial charge is 0.274 e. The Labute approximate surface area is 168 Å². The number of pyridine rings is 1. The van der Waals surface area contributed by atoms with Crippen molar-refractivity contribution in [1.82, 2.24) is 24.5 Å². The van der Waals surface area contributed by atoms with Gasteiger partial charge in [0.15, 0.2) is 11.3 Å². The number of amides is 1. The first-order valence-corrected chi connectivity index (χ1v) is 10.0. The number of nitrogens with zero attached hydrogens (tertiary/aromatic N) is 5. The molecule has 5 rings (SSSR count). The molecule has 3 aromatic heterocycles. The normalized spacial score (nSPS) is 26.4. The fraction of sp³-hybridized carbons (Fsp3) is 0.429. The van der Waals surface area contributed by atoms with E-state index in [1.54, 1.807) is 30.2 Å². The van der Waals surface area contributed by atoms with Crippen molar-refractivity contribution in [2.75, 3.05) is 25.5 Å². The molecule has 8 heteroatoms. The molecule has 1 aliphatic carbocycles. The first-order chi connectivity index (χ1) is 14.2. The molecule has 0 radical (unpaired) electrons. The van der Waals surface area contributed by atoms with E-state index in [-0.39, 0.29) is 18.1 Å². The van der Waals surface area contributed by atoms with Gasteiger partial charge >= 0.3 is 0 Å². The molecule has 150 valence electrons. The van der Waals surface area contributed by atoms with Crippen LogP contribution in [0.4, 0.5) is 5.82 Å². The Morgan fingerprint density at radius 1 is 1.10 bits per heavy atom. The third-order valence-corrected chi connectivity index (χ3v) is 6.20. The number of likely N-dealkylation sites (tertiary alicyclic amines) is 1. The number of imidazole rings is 1. The van der Waals surface area contributed by atoms with Crippen molar-refractivity contribution in [3.63, 3.8) is 0 Å². The van der Waals surface area contributed by atoms with Crippen LogP contribution < -0.4 is 5.32 Å². The summed E-state index contributed by atoms with van der Waals surface area (Å²) in [5.74, 6) is 1.74. The van der Waals surface area contributed by atoms with E-state index in [0.717, 1.165) is 31.7 Å². The SMILES string of the molecule is CO[C@@H]1C[C@H]2CN(C(=O)c3cnc4cccnn34)C[C@H]2C[C@H]1Nc1ccccn1. The summed E-state index contributed by atoms with van der Waals surface area (Å²) in [6.45, 7) is 1.50. The molecule has 0 spiro atoms. The number of methoxy groups -OCH3 is 1. The Bertz CT molecular complexity index is 1010. The van der Waals surface area contributed by atoms with E-state index < -0.39 is 0 Å². The maximum absolute atomic E-state index is 13.2. The maximum atomic E-state index is 13.2. The minimum absolute atomic E-state index is 0.00574. The number of carbonyl (C=O) groups excluding carboxylic acids is 1. The van der Waals surface area contributed by atoms with E-state index in [2.05, 4.69) is 20.4 Å². The molecule has 3 aromatic rings. The highest BCUT2D eigenvalue weighted by atomic mass is 16.5. The van der Waals surface area contributed by atoms with Crippen molar-refractivity contribution < 1.29 is 9.53 Å². The van der Waals surface area contributed by atoms with Crippen LogP contribution in [-0.4, -0.2) is 62.7 Å². The zero-order valence-corrected chi connectivity index (χ0v) is 16.3. The molecule has 0 bridgehead atoms. The average Bonchev–Trinajstić information content (AvgIpc) is 3.37. The molecule has 1 aliphatic heterocycles. The van der Waals surface area contributed by atoms with Crippen LogP contribution in [0.2, 0.25) is 0 Å². The zero-order chi connectivity index (χ0) is 19.8. The van der Waals surface area contributed by atoms with Crippen LogP contribution in [0.5, 0.6) is 0 Å². The molecule has 1 amide bonds. The summed E-state index contributed by atoms with van der Waals surface area (Å²) >= 11 is 0. The van der Waals surface area contributed by atoms with E-state index in [9.17, 15) is 4.79 Å². The van der Waals surface area contributed by atoms with Crippen molar-refractivity contribution in [2.45, 2.75) is 25.0 Å². The van der Waals surface area contributed by atoms with Crippen LogP contribution in [0.15, 0.2) is 48.9 Å². The lowest BCUT2D eigenvalue weighted by atomic mass is 9.77. The summed E-state index contributed by atoms with van der Waals surface area (Å²) in [5, 5.41) is 7.80. The second kappa shape index (κ2) is 7.44. The monoisotopic (exact) mass is 392 g/mol. The van der Waals surface area contributed by atoms with Gasteiger partial charge in [0, 0.05) is 32.6 Å². The predicted octanol–water partition coefficient (Wildman–Crippen LogP) is 2.10. The number of ether oxygens (including phenoxy) is 1. The lowest BCUT2D eigenvalue weighted by Crippen LogP contribution is -2.44. The van der Waals surface area contributed by atoms with E-state index in [0.29, 0.717) is 23.2 Å². The van der Waals surface area contributed by atoms with Gasteiger partial charge in [0.2, 0.25) is 0 Å². The topological polar surface area (TPSA) is 84.7 Å². The van der Waals surface area contributed by atoms with Gasteiger partial charge < -0.3 is 15.0 Å². The Morgan fingerprint density at radius 2 is 1.97 bits per heavy atom. The average molecular weight is 392 g/mol. The van der Waals surface area contributed by atoms with E-state index in [1.807, 2.05) is 35.2 Å². The highest BCUT2D eigenvalue weighted by Gasteiger charge is 2.44. The maximum Gasteiger partial charge on any atom is 0.274 e. The van der Waals surface area contributed by atoms with Crippen LogP contribution in [0.25, 0.3) is 5.65 Å². The second-order valence-corrected chi connectivity index (χ2v) is 7.88. The number of carbonyl (C=O) groups is 1. The van der Waals surface area contributed by atoms with Gasteiger partial charge in [-0.25, -0.2) is 14.5 Å². The van der Waals surface area contributed by atoms with Gasteiger partial charge in [-0.05, 0) is 48.9 Å². The molecule has 4 atom stereocenters. The van der Waals surface area contributed by atoms with Gasteiger partial charge in [0.25, 0.3) is 5.91 Å². The van der Waals surface area contributed by atoms with Crippen LogP contribution in [0, 0.1) is 11.8 Å². The second-order valence-electron chi connectivity index (χ2n) is 7.88. The Kier molecular flexibility index (Phi) is 4.63. The number of fused-ring (bicyclic) bond motifs is 2. The van der Waals surface area contributed by atoms with Crippen LogP contribution in [0.3, 0.4) is 0 Å². The minimum Gasteiger partial charge on any atom is -0.379 e. The quantitative estimate of drug-likeness (QED) is 0.732. The highest BCUT2D eigenvalue weighted by Crippen LogP contribution is 2.38. The van der Waals surface area contributed by atoms with Crippen LogP contribution in [-0.2, 0) is 4.74 Å². The van der Waals surface area contributed by atoms with E-state index in [1.165, 1.54) is 0 Å². The van der Waals surface area contributed by atoms with Gasteiger partial charge in [-0.1, -0.05) is 6.07 Å². The molecule has 1 saturated carbocycles. The lowest BCUT2D eigenvalue weighted by Gasteiger charge is -2.37. The summed E-state index contributed by atoms with van der Waals surface area (Å²) in [7, 11) is 1.76. The first kappa shape index (κ1) is 18.1. The third kappa shape index (κ3) is 3.33. The van der Waals surface area contributed by atoms with Gasteiger partial charge in [-0.2, -0.15) is 5.10 Å². The molecule has 0 aromatic carbocycles. The molecule has 0 unspecified atom stereocenters. The fourth-order valence-electron chi connectivity index (χ4n) is 4.77. The molecule has 4 heterocycles. The lowest BCUT2D eigenvalue weighted by molar-refractivity contribution is 0.0304. The largest absolute Gasteiger partial charge is 0.379 e. The third-order valence-electron chi connectivity index (χ3n) is 6.20. The van der Waals surface area contributed by atoms with Crippen molar-refractivity contribution in [2.24, 2.45) is 11.8 Å². The number of nitrogens with one attached hydrogen (secondary N) is 1. The minimum atomic E-state index is -0.00574. The number of rotatable bonds is 4. The van der Waals surface area contributed by atoms with E-state index in [4.69, 9.17) is 4.74 Å². The van der Waals surface area contributed by atoms with Crippen molar-refractivity contribution >= 4 is 17.4 Å². The van der Waals surface area contributed by atoms with E-state index >= 15 is 0 Å². The zero-order valence-electron chi connectivity index (χ0n) is 16.3. The predicted molar refractivity (Wildman–Crippen MR) is 108 cm³/mol. The molecule has 1 N–H and O–H groups in total. The van der Waals surface area contributed by atoms with Crippen molar-refractivity contribution in [1.29, 1.82) is 0 Å². The summed E-state index contributed by atoms with van der Waals surface area (Å²) in [5.41, 5.74) is 1.21. The highest BCUT2D eigenvalue weighted by molar-refractivity contribution is 5.93. The number of hydrogen-bond acceptors (Lipinski definition) is 6. The standard InChI is InChI=1S/C21H24N6O2/c1-29-18-10-15-13-26(21(28)17-11-23-20-6-4-8-24-27(17)20)12-14(15)9-16(18)25-19-5-2-3-7-22-19/h2-8,11,14-16,18H,9-10,12-13H2,1H3,(H,22,25)/t14-,15+,16-,18-/m1/s1.